The van der Waals surface area contributed by atoms with Gasteiger partial charge in [0.2, 0.25) is 10.0 Å². The number of rotatable bonds is 6. The van der Waals surface area contributed by atoms with Gasteiger partial charge in [0.05, 0.1) is 5.02 Å². The minimum atomic E-state index is -3.61. The standard InChI is InChI=1S/C14H19Cl2NO3S2/c1-10-8-14(13(16)9-12(10)15)22(18,19)17-4-7-21-11-2-5-20-6-3-11/h8-9,11,17H,2-7H2,1H3. The van der Waals surface area contributed by atoms with Crippen LogP contribution >= 0.6 is 35.0 Å². The Morgan fingerprint density at radius 1 is 1.27 bits per heavy atom. The molecule has 2 rings (SSSR count). The number of nitrogens with one attached hydrogen (secondary N) is 1. The lowest BCUT2D eigenvalue weighted by atomic mass is 10.2. The molecule has 0 radical (unpaired) electrons. The number of benzene rings is 1. The van der Waals surface area contributed by atoms with E-state index in [9.17, 15) is 8.42 Å². The SMILES string of the molecule is Cc1cc(S(=O)(=O)NCCSC2CCOCC2)c(Cl)cc1Cl. The van der Waals surface area contributed by atoms with Crippen molar-refractivity contribution in [3.63, 3.8) is 0 Å². The normalized spacial score (nSPS) is 16.9. The van der Waals surface area contributed by atoms with Crippen LogP contribution in [-0.4, -0.2) is 39.2 Å². The minimum Gasteiger partial charge on any atom is -0.381 e. The van der Waals surface area contributed by atoms with Gasteiger partial charge in [0.15, 0.2) is 0 Å². The molecule has 1 N–H and O–H groups in total. The molecule has 0 bridgehead atoms. The number of aryl methyl sites for hydroxylation is 1. The van der Waals surface area contributed by atoms with Gasteiger partial charge >= 0.3 is 0 Å². The minimum absolute atomic E-state index is 0.0760. The number of hydrogen-bond acceptors (Lipinski definition) is 4. The number of ether oxygens (including phenoxy) is 1. The molecule has 0 unspecified atom stereocenters. The topological polar surface area (TPSA) is 55.4 Å². The van der Waals surface area contributed by atoms with E-state index in [-0.39, 0.29) is 9.92 Å². The monoisotopic (exact) mass is 383 g/mol. The molecule has 0 aromatic heterocycles. The number of halogens is 2. The van der Waals surface area contributed by atoms with Gasteiger partial charge in [-0.2, -0.15) is 11.8 Å². The van der Waals surface area contributed by atoms with Crippen molar-refractivity contribution < 1.29 is 13.2 Å². The molecular formula is C14H19Cl2NO3S2. The molecule has 1 aromatic rings. The number of thioether (sulfide) groups is 1. The van der Waals surface area contributed by atoms with E-state index in [2.05, 4.69) is 4.72 Å². The predicted molar refractivity (Wildman–Crippen MR) is 92.7 cm³/mol. The molecule has 1 aliphatic rings. The van der Waals surface area contributed by atoms with E-state index in [0.717, 1.165) is 31.8 Å². The molecule has 0 saturated carbocycles. The van der Waals surface area contributed by atoms with Crippen molar-refractivity contribution >= 4 is 45.0 Å². The van der Waals surface area contributed by atoms with Crippen LogP contribution in [0.2, 0.25) is 10.0 Å². The quantitative estimate of drug-likeness (QED) is 0.763. The summed E-state index contributed by atoms with van der Waals surface area (Å²) in [6.07, 6.45) is 2.05. The third-order valence-corrected chi connectivity index (χ3v) is 7.13. The Labute approximate surface area is 145 Å². The van der Waals surface area contributed by atoms with Crippen molar-refractivity contribution in [3.8, 4) is 0 Å². The van der Waals surface area contributed by atoms with Crippen molar-refractivity contribution in [2.75, 3.05) is 25.5 Å². The highest BCUT2D eigenvalue weighted by atomic mass is 35.5. The average molecular weight is 384 g/mol. The Morgan fingerprint density at radius 3 is 2.64 bits per heavy atom. The van der Waals surface area contributed by atoms with Gasteiger partial charge in [-0.1, -0.05) is 23.2 Å². The number of hydrogen-bond donors (Lipinski definition) is 1. The highest BCUT2D eigenvalue weighted by Gasteiger charge is 2.19. The molecule has 1 saturated heterocycles. The molecule has 0 atom stereocenters. The van der Waals surface area contributed by atoms with Crippen molar-refractivity contribution in [1.82, 2.24) is 4.72 Å². The molecule has 0 spiro atoms. The van der Waals surface area contributed by atoms with Crippen molar-refractivity contribution in [3.05, 3.63) is 27.7 Å². The van der Waals surface area contributed by atoms with Gasteiger partial charge in [0, 0.05) is 35.8 Å². The average Bonchev–Trinajstić information content (AvgIpc) is 2.48. The fraction of sp³-hybridized carbons (Fsp3) is 0.571. The molecule has 4 nitrogen and oxygen atoms in total. The van der Waals surface area contributed by atoms with Gasteiger partial charge in [0.25, 0.3) is 0 Å². The Hall–Kier alpha value is 0.0200. The predicted octanol–water partition coefficient (Wildman–Crippen LogP) is 3.49. The van der Waals surface area contributed by atoms with Crippen LogP contribution in [0.4, 0.5) is 0 Å². The maximum atomic E-state index is 12.3. The number of sulfonamides is 1. The van der Waals surface area contributed by atoms with Crippen LogP contribution in [0, 0.1) is 6.92 Å². The summed E-state index contributed by atoms with van der Waals surface area (Å²) in [7, 11) is -3.61. The highest BCUT2D eigenvalue weighted by molar-refractivity contribution is 8.00. The first kappa shape index (κ1) is 18.4. The lowest BCUT2D eigenvalue weighted by Crippen LogP contribution is -2.27. The summed E-state index contributed by atoms with van der Waals surface area (Å²) < 4.78 is 32.5. The van der Waals surface area contributed by atoms with Crippen molar-refractivity contribution in [2.24, 2.45) is 0 Å². The first-order valence-corrected chi connectivity index (χ1v) is 10.3. The van der Waals surface area contributed by atoms with E-state index in [1.165, 1.54) is 12.1 Å². The van der Waals surface area contributed by atoms with Crippen LogP contribution < -0.4 is 4.72 Å². The van der Waals surface area contributed by atoms with Gasteiger partial charge in [0.1, 0.15) is 4.90 Å². The zero-order valence-electron chi connectivity index (χ0n) is 12.3. The maximum absolute atomic E-state index is 12.3. The molecule has 0 aliphatic carbocycles. The van der Waals surface area contributed by atoms with E-state index in [0.29, 0.717) is 22.4 Å². The molecule has 22 heavy (non-hydrogen) atoms. The van der Waals surface area contributed by atoms with E-state index in [1.807, 2.05) is 0 Å². The van der Waals surface area contributed by atoms with Crippen LogP contribution in [-0.2, 0) is 14.8 Å². The fourth-order valence-corrected chi connectivity index (χ4v) is 5.23. The molecule has 1 aliphatic heterocycles. The van der Waals surface area contributed by atoms with Crippen LogP contribution in [0.1, 0.15) is 18.4 Å². The van der Waals surface area contributed by atoms with Gasteiger partial charge in [-0.3, -0.25) is 0 Å². The van der Waals surface area contributed by atoms with E-state index < -0.39 is 10.0 Å². The maximum Gasteiger partial charge on any atom is 0.242 e. The Kier molecular flexibility index (Phi) is 6.86. The fourth-order valence-electron chi connectivity index (χ4n) is 2.16. The Morgan fingerprint density at radius 2 is 1.95 bits per heavy atom. The largest absolute Gasteiger partial charge is 0.381 e. The van der Waals surface area contributed by atoms with Crippen molar-refractivity contribution in [1.29, 1.82) is 0 Å². The summed E-state index contributed by atoms with van der Waals surface area (Å²) in [5, 5.41) is 1.15. The van der Waals surface area contributed by atoms with Gasteiger partial charge < -0.3 is 4.74 Å². The Balaban J connectivity index is 1.89. The zero-order chi connectivity index (χ0) is 16.2. The van der Waals surface area contributed by atoms with E-state index >= 15 is 0 Å². The Bertz CT molecular complexity index is 617. The van der Waals surface area contributed by atoms with Crippen molar-refractivity contribution in [2.45, 2.75) is 29.9 Å². The lowest BCUT2D eigenvalue weighted by Gasteiger charge is -2.21. The summed E-state index contributed by atoms with van der Waals surface area (Å²) in [6, 6.07) is 2.96. The van der Waals surface area contributed by atoms with Crippen LogP contribution in [0.3, 0.4) is 0 Å². The summed E-state index contributed by atoms with van der Waals surface area (Å²) in [4.78, 5) is 0.0760. The third-order valence-electron chi connectivity index (χ3n) is 3.42. The zero-order valence-corrected chi connectivity index (χ0v) is 15.4. The third kappa shape index (κ3) is 5.01. The van der Waals surface area contributed by atoms with Crippen LogP contribution in [0.15, 0.2) is 17.0 Å². The van der Waals surface area contributed by atoms with Gasteiger partial charge in [-0.05, 0) is 37.5 Å². The van der Waals surface area contributed by atoms with Crippen LogP contribution in [0.25, 0.3) is 0 Å². The summed E-state index contributed by atoms with van der Waals surface area (Å²) in [6.45, 7) is 3.72. The second-order valence-electron chi connectivity index (χ2n) is 5.11. The summed E-state index contributed by atoms with van der Waals surface area (Å²) in [5.41, 5.74) is 0.683. The molecule has 1 fully saturated rings. The highest BCUT2D eigenvalue weighted by Crippen LogP contribution is 2.28. The molecule has 1 aromatic carbocycles. The second-order valence-corrected chi connectivity index (χ2v) is 9.07. The lowest BCUT2D eigenvalue weighted by molar-refractivity contribution is 0.100. The molecule has 124 valence electrons. The molecular weight excluding hydrogens is 365 g/mol. The van der Waals surface area contributed by atoms with Crippen LogP contribution in [0.5, 0.6) is 0 Å². The van der Waals surface area contributed by atoms with E-state index in [1.54, 1.807) is 18.7 Å². The van der Waals surface area contributed by atoms with Gasteiger partial charge in [-0.15, -0.1) is 0 Å². The second kappa shape index (κ2) is 8.22. The first-order chi connectivity index (χ1) is 10.4. The molecule has 8 heteroatoms. The molecule has 1 heterocycles. The van der Waals surface area contributed by atoms with Gasteiger partial charge in [-0.25, -0.2) is 13.1 Å². The smallest absolute Gasteiger partial charge is 0.242 e. The summed E-state index contributed by atoms with van der Waals surface area (Å²) >= 11 is 13.7. The summed E-state index contributed by atoms with van der Waals surface area (Å²) in [5.74, 6) is 0.730. The van der Waals surface area contributed by atoms with E-state index in [4.69, 9.17) is 27.9 Å². The first-order valence-electron chi connectivity index (χ1n) is 7.05. The molecule has 0 amide bonds.